The fourth-order valence-corrected chi connectivity index (χ4v) is 20.0. The SMILES string of the molecule is CC(C)(C)[Si](OC[C@H]1CC[N+]2=C(N1)N[C@@H](CSC[C@H]1CCN3CC[C@H](CSC[C@H]4CCN5CC[C@H](CSC[C@H]6CC[N+]7=C(N6)N[C@@H](CN)CC7)N=C5N4)NC3=N1)CC2)(c1ccccc1)c1ccccc1. The second kappa shape index (κ2) is 23.3. The first-order valence-corrected chi connectivity index (χ1v) is 32.2. The van der Waals surface area contributed by atoms with Crippen molar-refractivity contribution in [2.75, 3.05) is 100 Å². The van der Waals surface area contributed by atoms with Gasteiger partial charge in [-0.05, 0) is 41.1 Å². The minimum Gasteiger partial charge on any atom is -0.404 e. The molecule has 14 nitrogen and oxygen atoms in total. The fourth-order valence-electron chi connectivity index (χ4n) is 11.8. The average Bonchev–Trinajstić information content (AvgIpc) is 3.38. The summed E-state index contributed by atoms with van der Waals surface area (Å²) in [6.45, 7) is 17.4. The van der Waals surface area contributed by atoms with E-state index in [0.29, 0.717) is 55.4 Å². The third-order valence-electron chi connectivity index (χ3n) is 15.9. The third-order valence-corrected chi connectivity index (χ3v) is 24.7. The zero-order valence-corrected chi connectivity index (χ0v) is 45.7. The van der Waals surface area contributed by atoms with Crippen LogP contribution in [0.25, 0.3) is 0 Å². The van der Waals surface area contributed by atoms with Crippen molar-refractivity contribution in [1.82, 2.24) is 41.7 Å². The molecular weight excluding hydrogens is 947 g/mol. The van der Waals surface area contributed by atoms with E-state index in [1.54, 1.807) is 0 Å². The van der Waals surface area contributed by atoms with E-state index >= 15 is 0 Å². The van der Waals surface area contributed by atoms with Gasteiger partial charge in [-0.3, -0.25) is 30.4 Å². The highest BCUT2D eigenvalue weighted by Crippen LogP contribution is 2.37. The fraction of sp³-hybridized carbons (Fsp3) is 0.692. The van der Waals surface area contributed by atoms with Crippen molar-refractivity contribution in [3.8, 4) is 0 Å². The molecule has 18 heteroatoms. The van der Waals surface area contributed by atoms with Gasteiger partial charge in [-0.15, -0.1) is 0 Å². The molecule has 0 saturated carbocycles. The molecule has 8 heterocycles. The molecule has 2 aromatic rings. The van der Waals surface area contributed by atoms with Crippen molar-refractivity contribution >= 4 is 77.8 Å². The first-order valence-electron chi connectivity index (χ1n) is 26.9. The van der Waals surface area contributed by atoms with Gasteiger partial charge in [0.15, 0.2) is 11.9 Å². The van der Waals surface area contributed by atoms with Gasteiger partial charge in [0.1, 0.15) is 0 Å². The van der Waals surface area contributed by atoms with E-state index < -0.39 is 8.32 Å². The van der Waals surface area contributed by atoms with Crippen LogP contribution in [0.3, 0.4) is 0 Å². The first kappa shape index (κ1) is 50.2. The summed E-state index contributed by atoms with van der Waals surface area (Å²) in [5, 5.41) is 25.7. The smallest absolute Gasteiger partial charge is 0.346 e. The van der Waals surface area contributed by atoms with Gasteiger partial charge in [0, 0.05) is 105 Å². The van der Waals surface area contributed by atoms with Crippen LogP contribution in [0, 0.1) is 0 Å². The topological polar surface area (TPSA) is 145 Å². The lowest BCUT2D eigenvalue weighted by Gasteiger charge is -2.44. The van der Waals surface area contributed by atoms with Gasteiger partial charge in [0.25, 0.3) is 8.32 Å². The summed E-state index contributed by atoms with van der Waals surface area (Å²) in [4.78, 5) is 15.6. The maximum Gasteiger partial charge on any atom is 0.346 e. The number of nitrogens with zero attached hydrogens (tertiary/aromatic N) is 6. The minimum atomic E-state index is -2.59. The van der Waals surface area contributed by atoms with E-state index in [1.807, 2.05) is 0 Å². The Balaban J connectivity index is 0.637. The Morgan fingerprint density at radius 1 is 0.543 bits per heavy atom. The molecule has 0 aliphatic carbocycles. The largest absolute Gasteiger partial charge is 0.404 e. The van der Waals surface area contributed by atoms with Gasteiger partial charge in [-0.25, -0.2) is 9.98 Å². The molecule has 8 atom stereocenters. The summed E-state index contributed by atoms with van der Waals surface area (Å²) in [5.74, 6) is 11.3. The van der Waals surface area contributed by atoms with Gasteiger partial charge in [-0.2, -0.15) is 35.3 Å². The third kappa shape index (κ3) is 12.0. The van der Waals surface area contributed by atoms with E-state index in [4.69, 9.17) is 20.1 Å². The maximum absolute atomic E-state index is 7.36. The normalized spacial score (nSPS) is 29.0. The number of nitrogens with two attached hydrogens (primary N) is 1. The number of aliphatic imine (C=N–C) groups is 2. The van der Waals surface area contributed by atoms with Crippen LogP contribution in [0.15, 0.2) is 70.6 Å². The predicted molar refractivity (Wildman–Crippen MR) is 299 cm³/mol. The highest BCUT2D eigenvalue weighted by Gasteiger charge is 2.51. The van der Waals surface area contributed by atoms with Crippen LogP contribution >= 0.6 is 35.3 Å². The van der Waals surface area contributed by atoms with Crippen LogP contribution in [0.4, 0.5) is 0 Å². The van der Waals surface area contributed by atoms with Crippen molar-refractivity contribution < 1.29 is 13.6 Å². The van der Waals surface area contributed by atoms with E-state index in [9.17, 15) is 0 Å². The number of benzene rings is 2. The second-order valence-corrected chi connectivity index (χ2v) is 29.6. The van der Waals surface area contributed by atoms with Crippen LogP contribution in [0.2, 0.25) is 5.04 Å². The molecule has 0 aromatic heterocycles. The van der Waals surface area contributed by atoms with Crippen LogP contribution in [-0.4, -0.2) is 199 Å². The molecular formula is C52H83N13OS3Si+2. The summed E-state index contributed by atoms with van der Waals surface area (Å²) < 4.78 is 12.3. The lowest BCUT2D eigenvalue weighted by Crippen LogP contribution is -2.68. The number of hydrogen-bond acceptors (Lipinski definition) is 15. The predicted octanol–water partition coefficient (Wildman–Crippen LogP) is 2.49. The quantitative estimate of drug-likeness (QED) is 0.0870. The van der Waals surface area contributed by atoms with Crippen molar-refractivity contribution in [2.45, 2.75) is 126 Å². The highest BCUT2D eigenvalue weighted by molar-refractivity contribution is 7.99. The van der Waals surface area contributed by atoms with Crippen molar-refractivity contribution in [3.63, 3.8) is 0 Å². The summed E-state index contributed by atoms with van der Waals surface area (Å²) >= 11 is 6.25. The monoisotopic (exact) mass is 1030 g/mol. The Kier molecular flexibility index (Phi) is 16.7. The van der Waals surface area contributed by atoms with Crippen molar-refractivity contribution in [3.05, 3.63) is 60.7 Å². The molecule has 8 N–H and O–H groups in total. The number of thioether (sulfide) groups is 3. The van der Waals surface area contributed by atoms with Crippen LogP contribution < -0.4 is 48.0 Å². The summed E-state index contributed by atoms with van der Waals surface area (Å²) in [6.07, 6.45) is 9.26. The van der Waals surface area contributed by atoms with Gasteiger partial charge >= 0.3 is 11.9 Å². The van der Waals surface area contributed by atoms with E-state index in [2.05, 4.69) is 168 Å². The number of rotatable bonds is 18. The number of hydrogen-bond donors (Lipinski definition) is 7. The molecule has 0 unspecified atom stereocenters. The molecule has 2 aromatic carbocycles. The lowest BCUT2D eigenvalue weighted by atomic mass is 10.1. The maximum atomic E-state index is 7.36. The van der Waals surface area contributed by atoms with Crippen LogP contribution in [0.1, 0.15) is 72.1 Å². The van der Waals surface area contributed by atoms with E-state index in [-0.39, 0.29) is 11.1 Å². The lowest BCUT2D eigenvalue weighted by molar-refractivity contribution is -0.542. The van der Waals surface area contributed by atoms with Crippen molar-refractivity contribution in [2.24, 2.45) is 15.7 Å². The number of guanidine groups is 4. The Morgan fingerprint density at radius 3 is 1.41 bits per heavy atom. The van der Waals surface area contributed by atoms with Gasteiger partial charge < -0.3 is 30.6 Å². The molecule has 70 heavy (non-hydrogen) atoms. The number of nitrogens with one attached hydrogen (secondary N) is 6. The van der Waals surface area contributed by atoms with Crippen LogP contribution in [0.5, 0.6) is 0 Å². The highest BCUT2D eigenvalue weighted by atomic mass is 32.2. The summed E-state index contributed by atoms with van der Waals surface area (Å²) in [7, 11) is -2.59. The summed E-state index contributed by atoms with van der Waals surface area (Å²) in [5.41, 5.74) is 5.97. The van der Waals surface area contributed by atoms with Gasteiger partial charge in [-0.1, -0.05) is 81.4 Å². The molecule has 2 fully saturated rings. The average molecular weight is 1030 g/mol. The molecule has 0 amide bonds. The first-order chi connectivity index (χ1) is 34.2. The standard InChI is InChI=1S/C52H81N13OS3Si/c1-52(2,3)70(46-10-6-4-7-11-46,47-12-8-5-9-13-47)66-31-39-15-23-63-25-17-41(57-49(63)55-39)33-68-35-43-19-27-65-29-21-45(61-51(65)59-43)37-69-36-44-20-28-64-26-18-42(58-50(64)60-44)34-67-32-40-16-24-62-22-14-38(30-53)54-48(62)56-40/h4-13,38-45H,14-37,53H2,1-3H3,(H4,54,55,56,57,58,59,60,61)/p+2/t38-,39-,40-,41-,42-,43-,44-,45-/m1/s1. The molecule has 8 aliphatic rings. The number of fused-ring (bicyclic) bond motifs is 2. The zero-order valence-electron chi connectivity index (χ0n) is 42.3. The molecule has 0 radical (unpaired) electrons. The molecule has 0 bridgehead atoms. The van der Waals surface area contributed by atoms with Crippen LogP contribution in [-0.2, 0) is 4.43 Å². The van der Waals surface area contributed by atoms with Gasteiger partial charge in [0.2, 0.25) is 0 Å². The molecule has 8 aliphatic heterocycles. The summed E-state index contributed by atoms with van der Waals surface area (Å²) in [6, 6.07) is 25.4. The molecule has 0 spiro atoms. The van der Waals surface area contributed by atoms with E-state index in [0.717, 1.165) is 124 Å². The van der Waals surface area contributed by atoms with Crippen molar-refractivity contribution in [1.29, 1.82) is 0 Å². The Labute approximate surface area is 432 Å². The Hall–Kier alpha value is -3.29. The molecule has 10 rings (SSSR count). The van der Waals surface area contributed by atoms with E-state index in [1.165, 1.54) is 48.0 Å². The zero-order chi connectivity index (χ0) is 47.9. The molecule has 382 valence electrons. The molecule has 2 saturated heterocycles. The Bertz CT molecular complexity index is 2140. The second-order valence-electron chi connectivity index (χ2n) is 22.0. The van der Waals surface area contributed by atoms with Gasteiger partial charge in [0.05, 0.1) is 69.0 Å². The minimum absolute atomic E-state index is 0.0316. The Morgan fingerprint density at radius 2 is 0.943 bits per heavy atom.